The topological polar surface area (TPSA) is 58.9 Å². The molecule has 3 N–H and O–H groups in total. The van der Waals surface area contributed by atoms with E-state index in [0.717, 1.165) is 27.2 Å². The molecule has 1 unspecified atom stereocenters. The fourth-order valence-electron chi connectivity index (χ4n) is 1.62. The summed E-state index contributed by atoms with van der Waals surface area (Å²) in [5, 5.41) is 1.11. The van der Waals surface area contributed by atoms with Gasteiger partial charge in [0.2, 0.25) is 0 Å². The Hall–Kier alpha value is -1.13. The molecule has 0 aliphatic rings. The maximum atomic E-state index is 10.5. The highest BCUT2D eigenvalue weighted by Crippen LogP contribution is 2.23. The fraction of sp³-hybridized carbons (Fsp3) is 0.182. The molecule has 2 aromatic rings. The third-order valence-corrected chi connectivity index (χ3v) is 2.85. The molecular weight excluding hydrogens is 256 g/mol. The Balaban J connectivity index is 2.43. The van der Waals surface area contributed by atoms with E-state index < -0.39 is 6.04 Å². The molecule has 1 aromatic carbocycles. The van der Waals surface area contributed by atoms with E-state index in [-0.39, 0.29) is 0 Å². The molecule has 0 saturated carbocycles. The van der Waals surface area contributed by atoms with Gasteiger partial charge >= 0.3 is 0 Å². The van der Waals surface area contributed by atoms with E-state index in [1.54, 1.807) is 0 Å². The van der Waals surface area contributed by atoms with Crippen molar-refractivity contribution in [2.75, 3.05) is 0 Å². The van der Waals surface area contributed by atoms with Crippen LogP contribution in [0, 0.1) is 0 Å². The molecule has 1 atom stereocenters. The first-order chi connectivity index (χ1) is 7.20. The number of carbonyl (C=O) groups excluding carboxylic acids is 1. The first-order valence-corrected chi connectivity index (χ1v) is 5.46. The van der Waals surface area contributed by atoms with Gasteiger partial charge in [-0.25, -0.2) is 0 Å². The van der Waals surface area contributed by atoms with Gasteiger partial charge in [0.1, 0.15) is 6.29 Å². The molecule has 0 fully saturated rings. The minimum absolute atomic E-state index is 0.428. The smallest absolute Gasteiger partial charge is 0.137 e. The molecular formula is C11H11BrN2O. The molecule has 15 heavy (non-hydrogen) atoms. The summed E-state index contributed by atoms with van der Waals surface area (Å²) in [7, 11) is 0. The Morgan fingerprint density at radius 2 is 2.33 bits per heavy atom. The van der Waals surface area contributed by atoms with Crippen molar-refractivity contribution in [2.45, 2.75) is 12.5 Å². The van der Waals surface area contributed by atoms with Gasteiger partial charge in [-0.1, -0.05) is 15.9 Å². The van der Waals surface area contributed by atoms with E-state index in [2.05, 4.69) is 20.9 Å². The number of nitrogens with two attached hydrogens (primary N) is 1. The molecule has 0 amide bonds. The number of benzene rings is 1. The van der Waals surface area contributed by atoms with Gasteiger partial charge in [-0.05, 0) is 30.2 Å². The van der Waals surface area contributed by atoms with Gasteiger partial charge in [0.15, 0.2) is 0 Å². The second kappa shape index (κ2) is 4.16. The first kappa shape index (κ1) is 10.4. The van der Waals surface area contributed by atoms with Gasteiger partial charge in [0.05, 0.1) is 6.04 Å². The Bertz CT molecular complexity index is 492. The average Bonchev–Trinajstić information content (AvgIpc) is 2.61. The number of aromatic amines is 1. The van der Waals surface area contributed by atoms with Crippen molar-refractivity contribution in [3.8, 4) is 0 Å². The summed E-state index contributed by atoms with van der Waals surface area (Å²) in [6, 6.07) is 5.57. The van der Waals surface area contributed by atoms with Crippen molar-refractivity contribution in [2.24, 2.45) is 5.73 Å². The highest BCUT2D eigenvalue weighted by atomic mass is 79.9. The van der Waals surface area contributed by atoms with E-state index in [9.17, 15) is 4.79 Å². The van der Waals surface area contributed by atoms with Gasteiger partial charge in [-0.2, -0.15) is 0 Å². The van der Waals surface area contributed by atoms with Gasteiger partial charge < -0.3 is 15.5 Å². The molecule has 0 bridgehead atoms. The zero-order valence-corrected chi connectivity index (χ0v) is 9.62. The van der Waals surface area contributed by atoms with Crippen molar-refractivity contribution in [1.82, 2.24) is 4.98 Å². The van der Waals surface area contributed by atoms with Gasteiger partial charge in [0, 0.05) is 21.6 Å². The predicted molar refractivity (Wildman–Crippen MR) is 63.7 cm³/mol. The summed E-state index contributed by atoms with van der Waals surface area (Å²) in [5.74, 6) is 0. The molecule has 3 nitrogen and oxygen atoms in total. The van der Waals surface area contributed by atoms with Crippen LogP contribution in [0.15, 0.2) is 28.9 Å². The third kappa shape index (κ3) is 2.11. The lowest BCUT2D eigenvalue weighted by molar-refractivity contribution is -0.108. The van der Waals surface area contributed by atoms with Crippen molar-refractivity contribution in [3.05, 3.63) is 34.4 Å². The maximum Gasteiger partial charge on any atom is 0.137 e. The van der Waals surface area contributed by atoms with Crippen molar-refractivity contribution >= 4 is 33.1 Å². The molecule has 4 heteroatoms. The van der Waals surface area contributed by atoms with Crippen molar-refractivity contribution in [1.29, 1.82) is 0 Å². The maximum absolute atomic E-state index is 10.5. The van der Waals surface area contributed by atoms with Crippen LogP contribution < -0.4 is 5.73 Å². The molecule has 2 rings (SSSR count). The number of halogens is 1. The van der Waals surface area contributed by atoms with Gasteiger partial charge in [-0.3, -0.25) is 0 Å². The Morgan fingerprint density at radius 1 is 1.53 bits per heavy atom. The quantitative estimate of drug-likeness (QED) is 0.835. The zero-order valence-electron chi connectivity index (χ0n) is 8.03. The van der Waals surface area contributed by atoms with Crippen LogP contribution in [0.2, 0.25) is 0 Å². The van der Waals surface area contributed by atoms with Crippen LogP contribution in [0.5, 0.6) is 0 Å². The monoisotopic (exact) mass is 266 g/mol. The predicted octanol–water partition coefficient (Wildman–Crippen LogP) is 2.00. The van der Waals surface area contributed by atoms with Crippen LogP contribution in [0.25, 0.3) is 10.9 Å². The number of H-pyrrole nitrogens is 1. The summed E-state index contributed by atoms with van der Waals surface area (Å²) >= 11 is 3.42. The van der Waals surface area contributed by atoms with Crippen LogP contribution in [-0.4, -0.2) is 17.3 Å². The highest BCUT2D eigenvalue weighted by molar-refractivity contribution is 9.10. The minimum Gasteiger partial charge on any atom is -0.361 e. The van der Waals surface area contributed by atoms with Crippen molar-refractivity contribution < 1.29 is 4.79 Å². The Labute approximate surface area is 95.8 Å². The fourth-order valence-corrected chi connectivity index (χ4v) is 1.98. The van der Waals surface area contributed by atoms with E-state index >= 15 is 0 Å². The number of hydrogen-bond donors (Lipinski definition) is 2. The summed E-state index contributed by atoms with van der Waals surface area (Å²) in [6.07, 6.45) is 3.25. The van der Waals surface area contributed by atoms with E-state index in [0.29, 0.717) is 6.42 Å². The number of fused-ring (bicyclic) bond motifs is 1. The largest absolute Gasteiger partial charge is 0.361 e. The molecule has 0 radical (unpaired) electrons. The van der Waals surface area contributed by atoms with Crippen LogP contribution >= 0.6 is 15.9 Å². The highest BCUT2D eigenvalue weighted by Gasteiger charge is 2.07. The van der Waals surface area contributed by atoms with Crippen molar-refractivity contribution in [3.63, 3.8) is 0 Å². The molecule has 0 saturated heterocycles. The van der Waals surface area contributed by atoms with E-state index in [1.807, 2.05) is 24.4 Å². The molecule has 78 valence electrons. The molecule has 1 heterocycles. The number of hydrogen-bond acceptors (Lipinski definition) is 2. The zero-order chi connectivity index (χ0) is 10.8. The third-order valence-electron chi connectivity index (χ3n) is 2.36. The Morgan fingerprint density at radius 3 is 3.07 bits per heavy atom. The summed E-state index contributed by atoms with van der Waals surface area (Å²) < 4.78 is 1.02. The summed E-state index contributed by atoms with van der Waals surface area (Å²) in [4.78, 5) is 13.6. The number of rotatable bonds is 3. The van der Waals surface area contributed by atoms with Crippen LogP contribution in [-0.2, 0) is 11.2 Å². The van der Waals surface area contributed by atoms with Crippen LogP contribution in [0.1, 0.15) is 5.56 Å². The summed E-state index contributed by atoms with van der Waals surface area (Å²) in [6.45, 7) is 0. The van der Waals surface area contributed by atoms with E-state index in [4.69, 9.17) is 5.73 Å². The lowest BCUT2D eigenvalue weighted by Gasteiger charge is -2.02. The molecule has 0 aliphatic heterocycles. The molecule has 0 aliphatic carbocycles. The SMILES string of the molecule is NC(C=O)Cc1c[nH]c2ccc(Br)cc12. The second-order valence-electron chi connectivity index (χ2n) is 3.51. The lowest BCUT2D eigenvalue weighted by Crippen LogP contribution is -2.23. The molecule has 1 aromatic heterocycles. The first-order valence-electron chi connectivity index (χ1n) is 4.67. The normalized spacial score (nSPS) is 12.9. The Kier molecular flexibility index (Phi) is 2.88. The number of carbonyl (C=O) groups is 1. The van der Waals surface area contributed by atoms with Gasteiger partial charge in [0.25, 0.3) is 0 Å². The number of aldehydes is 1. The second-order valence-corrected chi connectivity index (χ2v) is 4.42. The number of nitrogens with one attached hydrogen (secondary N) is 1. The average molecular weight is 267 g/mol. The number of aromatic nitrogens is 1. The summed E-state index contributed by atoms with van der Waals surface area (Å²) in [5.41, 5.74) is 7.74. The van der Waals surface area contributed by atoms with Crippen LogP contribution in [0.4, 0.5) is 0 Å². The van der Waals surface area contributed by atoms with Crippen LogP contribution in [0.3, 0.4) is 0 Å². The minimum atomic E-state index is -0.428. The van der Waals surface area contributed by atoms with E-state index in [1.165, 1.54) is 0 Å². The standard InChI is InChI=1S/C11H11BrN2O/c12-8-1-2-11-10(4-8)7(5-14-11)3-9(13)6-15/h1-2,4-6,9,14H,3,13H2. The molecule has 0 spiro atoms. The lowest BCUT2D eigenvalue weighted by atomic mass is 10.1. The van der Waals surface area contributed by atoms with Gasteiger partial charge in [-0.15, -0.1) is 0 Å².